The van der Waals surface area contributed by atoms with Crippen LogP contribution in [0.25, 0.3) is 20.2 Å². The van der Waals surface area contributed by atoms with E-state index in [1.54, 1.807) is 11.3 Å². The number of hydrogen-bond acceptors (Lipinski definition) is 2. The van der Waals surface area contributed by atoms with E-state index >= 15 is 0 Å². The minimum Gasteiger partial charge on any atom is -0.289 e. The van der Waals surface area contributed by atoms with Crippen LogP contribution in [-0.2, 0) is 6.42 Å². The van der Waals surface area contributed by atoms with E-state index in [1.807, 2.05) is 24.3 Å². The van der Waals surface area contributed by atoms with Gasteiger partial charge < -0.3 is 0 Å². The number of fused-ring (bicyclic) bond motifs is 2. The Morgan fingerprint density at radius 2 is 1.44 bits per heavy atom. The number of rotatable bonds is 9. The zero-order valence-corrected chi connectivity index (χ0v) is 16.0. The Morgan fingerprint density at radius 3 is 2.24 bits per heavy atom. The van der Waals surface area contributed by atoms with Crippen molar-refractivity contribution in [3.63, 3.8) is 0 Å². The molecule has 0 amide bonds. The van der Waals surface area contributed by atoms with Gasteiger partial charge in [-0.15, -0.1) is 11.3 Å². The SMILES string of the molecule is CCCCCCCCCCc1ccc2sc3ccccc3c(=O)c2c1. The lowest BCUT2D eigenvalue weighted by molar-refractivity contribution is 0.575. The Kier molecular flexibility index (Phi) is 6.63. The second kappa shape index (κ2) is 9.15. The molecule has 1 aromatic heterocycles. The molecule has 132 valence electrons. The van der Waals surface area contributed by atoms with Gasteiger partial charge in [-0.3, -0.25) is 4.79 Å². The van der Waals surface area contributed by atoms with Crippen molar-refractivity contribution < 1.29 is 0 Å². The first-order valence-electron chi connectivity index (χ1n) is 9.74. The third-order valence-electron chi connectivity index (χ3n) is 4.96. The summed E-state index contributed by atoms with van der Waals surface area (Å²) in [4.78, 5) is 12.7. The Balaban J connectivity index is 1.61. The molecule has 0 spiro atoms. The highest BCUT2D eigenvalue weighted by atomic mass is 32.1. The second-order valence-electron chi connectivity index (χ2n) is 6.98. The maximum Gasteiger partial charge on any atom is 0.195 e. The van der Waals surface area contributed by atoms with Crippen molar-refractivity contribution >= 4 is 31.5 Å². The van der Waals surface area contributed by atoms with Crippen LogP contribution in [0.4, 0.5) is 0 Å². The van der Waals surface area contributed by atoms with Crippen molar-refractivity contribution in [2.24, 2.45) is 0 Å². The van der Waals surface area contributed by atoms with E-state index in [2.05, 4.69) is 25.1 Å². The van der Waals surface area contributed by atoms with Crippen molar-refractivity contribution in [1.82, 2.24) is 0 Å². The first-order valence-corrected chi connectivity index (χ1v) is 10.6. The first-order chi connectivity index (χ1) is 12.3. The van der Waals surface area contributed by atoms with Crippen LogP contribution in [0.15, 0.2) is 47.3 Å². The Hall–Kier alpha value is -1.67. The third-order valence-corrected chi connectivity index (χ3v) is 6.11. The van der Waals surface area contributed by atoms with Crippen LogP contribution in [0.1, 0.15) is 63.9 Å². The molecule has 0 bridgehead atoms. The van der Waals surface area contributed by atoms with Crippen molar-refractivity contribution in [2.75, 3.05) is 0 Å². The fourth-order valence-electron chi connectivity index (χ4n) is 3.47. The molecule has 2 aromatic carbocycles. The topological polar surface area (TPSA) is 17.1 Å². The Bertz CT molecular complexity index is 878. The standard InChI is InChI=1S/C23H28OS/c1-2-3-4-5-6-7-8-9-12-18-15-16-22-20(17-18)23(24)19-13-10-11-14-21(19)25-22/h10-11,13-17H,2-9,12H2,1H3. The lowest BCUT2D eigenvalue weighted by Gasteiger charge is -2.05. The van der Waals surface area contributed by atoms with Crippen LogP contribution in [0.5, 0.6) is 0 Å². The monoisotopic (exact) mass is 352 g/mol. The summed E-state index contributed by atoms with van der Waals surface area (Å²) in [5.41, 5.74) is 1.49. The molecule has 3 rings (SSSR count). The van der Waals surface area contributed by atoms with Gasteiger partial charge in [-0.2, -0.15) is 0 Å². The molecule has 0 N–H and O–H groups in total. The minimum atomic E-state index is 0.183. The van der Waals surface area contributed by atoms with Crippen molar-refractivity contribution in [1.29, 1.82) is 0 Å². The van der Waals surface area contributed by atoms with Gasteiger partial charge in [0.1, 0.15) is 0 Å². The van der Waals surface area contributed by atoms with Gasteiger partial charge in [0.15, 0.2) is 5.43 Å². The highest BCUT2D eigenvalue weighted by Crippen LogP contribution is 2.25. The van der Waals surface area contributed by atoms with Crippen LogP contribution >= 0.6 is 11.3 Å². The summed E-state index contributed by atoms with van der Waals surface area (Å²) < 4.78 is 2.18. The summed E-state index contributed by atoms with van der Waals surface area (Å²) in [5, 5.41) is 1.74. The Labute approximate surface area is 154 Å². The van der Waals surface area contributed by atoms with E-state index in [9.17, 15) is 4.79 Å². The van der Waals surface area contributed by atoms with Crippen molar-refractivity contribution in [3.8, 4) is 0 Å². The summed E-state index contributed by atoms with van der Waals surface area (Å²) in [6.45, 7) is 2.26. The molecule has 0 atom stereocenters. The lowest BCUT2D eigenvalue weighted by Crippen LogP contribution is -2.01. The molecular formula is C23H28OS. The molecule has 0 aliphatic heterocycles. The fraction of sp³-hybridized carbons (Fsp3) is 0.435. The van der Waals surface area contributed by atoms with Crippen LogP contribution in [-0.4, -0.2) is 0 Å². The molecule has 0 fully saturated rings. The average molecular weight is 353 g/mol. The molecule has 2 heteroatoms. The average Bonchev–Trinajstić information content (AvgIpc) is 2.64. The number of hydrogen-bond donors (Lipinski definition) is 0. The second-order valence-corrected chi connectivity index (χ2v) is 8.07. The molecule has 0 saturated carbocycles. The molecule has 0 aliphatic carbocycles. The number of aryl methyl sites for hydroxylation is 1. The summed E-state index contributed by atoms with van der Waals surface area (Å²) in [7, 11) is 0. The molecule has 1 heterocycles. The summed E-state index contributed by atoms with van der Waals surface area (Å²) in [6.07, 6.45) is 11.8. The van der Waals surface area contributed by atoms with Gasteiger partial charge in [-0.05, 0) is 42.7 Å². The van der Waals surface area contributed by atoms with Gasteiger partial charge in [0.25, 0.3) is 0 Å². The van der Waals surface area contributed by atoms with E-state index in [-0.39, 0.29) is 5.43 Å². The van der Waals surface area contributed by atoms with Gasteiger partial charge in [-0.1, -0.05) is 70.1 Å². The largest absolute Gasteiger partial charge is 0.289 e. The zero-order chi connectivity index (χ0) is 17.5. The van der Waals surface area contributed by atoms with Gasteiger partial charge in [0, 0.05) is 20.2 Å². The third kappa shape index (κ3) is 4.70. The molecular weight excluding hydrogens is 324 g/mol. The lowest BCUT2D eigenvalue weighted by atomic mass is 10.0. The maximum atomic E-state index is 12.7. The van der Waals surface area contributed by atoms with E-state index in [0.717, 1.165) is 26.6 Å². The smallest absolute Gasteiger partial charge is 0.195 e. The van der Waals surface area contributed by atoms with Gasteiger partial charge in [0.05, 0.1) is 0 Å². The summed E-state index contributed by atoms with van der Waals surface area (Å²) in [6, 6.07) is 14.4. The van der Waals surface area contributed by atoms with Crippen molar-refractivity contribution in [2.45, 2.75) is 64.7 Å². The minimum absolute atomic E-state index is 0.183. The molecule has 1 nitrogen and oxygen atoms in total. The predicted molar refractivity (Wildman–Crippen MR) is 112 cm³/mol. The van der Waals surface area contributed by atoms with Crippen LogP contribution in [0, 0.1) is 0 Å². The highest BCUT2D eigenvalue weighted by molar-refractivity contribution is 7.24. The van der Waals surface area contributed by atoms with E-state index in [4.69, 9.17) is 0 Å². The normalized spacial score (nSPS) is 11.4. The van der Waals surface area contributed by atoms with E-state index in [1.165, 1.54) is 56.9 Å². The van der Waals surface area contributed by atoms with Gasteiger partial charge in [0.2, 0.25) is 0 Å². The van der Waals surface area contributed by atoms with Crippen molar-refractivity contribution in [3.05, 3.63) is 58.3 Å². The van der Waals surface area contributed by atoms with E-state index < -0.39 is 0 Å². The predicted octanol–water partition coefficient (Wildman–Crippen LogP) is 7.10. The van der Waals surface area contributed by atoms with Gasteiger partial charge in [-0.25, -0.2) is 0 Å². The Morgan fingerprint density at radius 1 is 0.760 bits per heavy atom. The summed E-state index contributed by atoms with van der Waals surface area (Å²) in [5.74, 6) is 0. The molecule has 0 unspecified atom stereocenters. The van der Waals surface area contributed by atoms with Crippen LogP contribution < -0.4 is 5.43 Å². The molecule has 0 saturated heterocycles. The maximum absolute atomic E-state index is 12.7. The molecule has 0 aliphatic rings. The van der Waals surface area contributed by atoms with Crippen LogP contribution in [0.3, 0.4) is 0 Å². The zero-order valence-electron chi connectivity index (χ0n) is 15.2. The fourth-order valence-corrected chi connectivity index (χ4v) is 4.52. The molecule has 3 aromatic rings. The quantitative estimate of drug-likeness (QED) is 0.296. The summed E-state index contributed by atoms with van der Waals surface area (Å²) >= 11 is 1.72. The van der Waals surface area contributed by atoms with Gasteiger partial charge >= 0.3 is 0 Å². The number of benzene rings is 2. The molecule has 25 heavy (non-hydrogen) atoms. The molecule has 0 radical (unpaired) electrons. The number of unbranched alkanes of at least 4 members (excludes halogenated alkanes) is 7. The van der Waals surface area contributed by atoms with E-state index in [0.29, 0.717) is 0 Å². The highest BCUT2D eigenvalue weighted by Gasteiger charge is 2.06. The first kappa shape index (κ1) is 18.1. The van der Waals surface area contributed by atoms with Crippen LogP contribution in [0.2, 0.25) is 0 Å².